The number of likely N-dealkylation sites (tertiary alicyclic amines) is 1. The van der Waals surface area contributed by atoms with Gasteiger partial charge in [0, 0.05) is 43.2 Å². The second kappa shape index (κ2) is 20.0. The fraction of sp³-hybridized carbons (Fsp3) is 0.898. The summed E-state index contributed by atoms with van der Waals surface area (Å²) in [6.45, 7) is 21.4. The molecule has 4 N–H and O–H groups in total. The zero-order valence-electron chi connectivity index (χ0n) is 40.2. The monoisotopic (exact) mass is 891 g/mol. The number of nitrogens with one attached hydrogen (secondary N) is 1. The van der Waals surface area contributed by atoms with Crippen LogP contribution in [0.2, 0.25) is 0 Å². The number of carboxylic acids is 1. The van der Waals surface area contributed by atoms with Crippen molar-refractivity contribution in [2.45, 2.75) is 218 Å². The second-order valence-corrected chi connectivity index (χ2v) is 21.0. The molecular weight excluding hydrogens is 809 g/mol. The van der Waals surface area contributed by atoms with Crippen molar-refractivity contribution in [3.8, 4) is 0 Å². The van der Waals surface area contributed by atoms with Crippen LogP contribution in [0.15, 0.2) is 12.2 Å². The minimum atomic E-state index is -1.36. The third kappa shape index (κ3) is 10.2. The fourth-order valence-corrected chi connectivity index (χ4v) is 12.1. The number of ketones is 1. The van der Waals surface area contributed by atoms with Crippen LogP contribution in [0.1, 0.15) is 146 Å². The number of aliphatic hydroxyl groups is 2. The maximum Gasteiger partial charge on any atom is 0.408 e. The fourth-order valence-electron chi connectivity index (χ4n) is 12.1. The van der Waals surface area contributed by atoms with E-state index in [2.05, 4.69) is 38.0 Å². The summed E-state index contributed by atoms with van der Waals surface area (Å²) in [6.07, 6.45) is 7.23. The molecule has 360 valence electrons. The Balaban J connectivity index is 1.23. The normalized spacial score (nSPS) is 42.7. The molecule has 14 heteroatoms. The van der Waals surface area contributed by atoms with Gasteiger partial charge < -0.3 is 54.0 Å². The Hall–Kier alpha value is -2.17. The second-order valence-electron chi connectivity index (χ2n) is 21.0. The Bertz CT molecular complexity index is 1620. The lowest BCUT2D eigenvalue weighted by Gasteiger charge is -2.55. The minimum absolute atomic E-state index is 0.0248. The summed E-state index contributed by atoms with van der Waals surface area (Å²) in [7, 11) is 2.06. The lowest BCUT2D eigenvalue weighted by molar-refractivity contribution is -0.398. The summed E-state index contributed by atoms with van der Waals surface area (Å²) < 4.78 is 40.6. The predicted molar refractivity (Wildman–Crippen MR) is 237 cm³/mol. The van der Waals surface area contributed by atoms with Gasteiger partial charge in [-0.2, -0.15) is 0 Å². The minimum Gasteiger partial charge on any atom is -0.481 e. The number of piperidine rings is 1. The molecule has 0 saturated carbocycles. The van der Waals surface area contributed by atoms with Crippen molar-refractivity contribution in [3.63, 3.8) is 0 Å². The number of carboxylic acid groups (broad SMARTS) is 1. The van der Waals surface area contributed by atoms with Gasteiger partial charge in [-0.05, 0) is 109 Å². The number of aliphatic hydroxyl groups excluding tert-OH is 1. The largest absolute Gasteiger partial charge is 0.481 e. The average Bonchev–Trinajstić information content (AvgIpc) is 3.59. The van der Waals surface area contributed by atoms with E-state index in [4.69, 9.17) is 28.4 Å². The molecule has 0 aromatic rings. The number of Topliss-reactive ketones (excluding diaryl/α,β-unsaturated/α-hetero) is 1. The highest BCUT2D eigenvalue weighted by atomic mass is 16.8. The molecule has 0 radical (unpaired) electrons. The molecule has 1 amide bonds. The predicted octanol–water partition coefficient (Wildman–Crippen LogP) is 7.02. The summed E-state index contributed by atoms with van der Waals surface area (Å²) in [6, 6.07) is -0.724. The van der Waals surface area contributed by atoms with E-state index >= 15 is 0 Å². The summed E-state index contributed by atoms with van der Waals surface area (Å²) in [5.41, 5.74) is -1.73. The number of hydrogen-bond donors (Lipinski definition) is 4. The number of carbonyl (C=O) groups is 3. The van der Waals surface area contributed by atoms with Crippen molar-refractivity contribution >= 4 is 17.8 Å². The molecule has 0 aromatic heterocycles. The number of amides is 1. The molecule has 63 heavy (non-hydrogen) atoms. The maximum atomic E-state index is 14.7. The summed E-state index contributed by atoms with van der Waals surface area (Å²) in [5, 5.41) is 36.1. The third-order valence-electron chi connectivity index (χ3n) is 16.7. The van der Waals surface area contributed by atoms with Crippen LogP contribution in [-0.2, 0) is 38.0 Å². The zero-order chi connectivity index (χ0) is 46.2. The van der Waals surface area contributed by atoms with Crippen LogP contribution >= 0.6 is 0 Å². The van der Waals surface area contributed by atoms with Gasteiger partial charge in [0.15, 0.2) is 11.6 Å². The van der Waals surface area contributed by atoms with Crippen molar-refractivity contribution < 1.29 is 58.1 Å². The first-order valence-electron chi connectivity index (χ1n) is 24.6. The van der Waals surface area contributed by atoms with Crippen LogP contribution in [0, 0.1) is 41.4 Å². The first-order chi connectivity index (χ1) is 29.6. The van der Waals surface area contributed by atoms with Crippen molar-refractivity contribution in [2.24, 2.45) is 41.4 Å². The van der Waals surface area contributed by atoms with Crippen molar-refractivity contribution in [1.29, 1.82) is 0 Å². The molecule has 14 nitrogen and oxygen atoms in total. The van der Waals surface area contributed by atoms with E-state index in [0.717, 1.165) is 32.4 Å². The van der Waals surface area contributed by atoms with E-state index in [-0.39, 0.29) is 35.7 Å². The van der Waals surface area contributed by atoms with E-state index in [9.17, 15) is 29.7 Å². The molecule has 2 spiro atoms. The van der Waals surface area contributed by atoms with Crippen LogP contribution in [0.3, 0.4) is 0 Å². The van der Waals surface area contributed by atoms with Crippen molar-refractivity contribution in [2.75, 3.05) is 20.1 Å². The van der Waals surface area contributed by atoms with Crippen LogP contribution < -0.4 is 5.32 Å². The van der Waals surface area contributed by atoms with Crippen molar-refractivity contribution in [3.05, 3.63) is 12.2 Å². The zero-order valence-corrected chi connectivity index (χ0v) is 40.2. The number of aliphatic carboxylic acids is 1. The Morgan fingerprint density at radius 3 is 2.19 bits per heavy atom. The molecule has 6 aliphatic heterocycles. The molecule has 0 bridgehead atoms. The highest BCUT2D eigenvalue weighted by Crippen LogP contribution is 2.54. The van der Waals surface area contributed by atoms with Crippen LogP contribution in [0.25, 0.3) is 0 Å². The summed E-state index contributed by atoms with van der Waals surface area (Å²) in [4.78, 5) is 42.6. The number of ether oxygens (including phenoxy) is 6. The smallest absolute Gasteiger partial charge is 0.408 e. The first kappa shape index (κ1) is 50.2. The first-order valence-corrected chi connectivity index (χ1v) is 24.6. The number of rotatable bonds is 14. The molecule has 6 heterocycles. The number of nitrogens with zero attached hydrogens (tertiary/aromatic N) is 1. The molecule has 6 rings (SSSR count). The van der Waals surface area contributed by atoms with Gasteiger partial charge >= 0.3 is 12.1 Å². The van der Waals surface area contributed by atoms with Crippen LogP contribution in [0.5, 0.6) is 0 Å². The van der Waals surface area contributed by atoms with E-state index in [1.807, 2.05) is 53.7 Å². The molecule has 0 aliphatic carbocycles. The van der Waals surface area contributed by atoms with Crippen LogP contribution in [0.4, 0.5) is 4.79 Å². The highest BCUT2D eigenvalue weighted by Gasteiger charge is 2.63. The average molecular weight is 891 g/mol. The van der Waals surface area contributed by atoms with Gasteiger partial charge in [-0.25, -0.2) is 4.79 Å². The van der Waals surface area contributed by atoms with Crippen molar-refractivity contribution in [1.82, 2.24) is 10.2 Å². The number of carbonyl (C=O) groups excluding carboxylic acids is 2. The van der Waals surface area contributed by atoms with E-state index in [1.54, 1.807) is 6.92 Å². The SMILES string of the molecule is CC[C@@H](C(=O)[C@@H](C)[C@@H](O)[C@H](C)[C@@H]1O[C@@H]([C@@H](CC)C(=O)O)CC[C@@H]1C)[C@H]1O[C@]2(C=C[C@@H](NC(=O)OC3CCN(C)CC3)[C@]3(CC[C@@](C)([C@H]4CC[C@](O)(CC)[C@H](C)O4)O3)O2)[C@H](C)C[C@@H]1C. The molecule has 0 aromatic carbocycles. The van der Waals surface area contributed by atoms with Gasteiger partial charge in [0.1, 0.15) is 17.9 Å². The topological polar surface area (TPSA) is 183 Å². The van der Waals surface area contributed by atoms with Gasteiger partial charge in [-0.1, -0.05) is 61.5 Å². The lowest BCUT2D eigenvalue weighted by atomic mass is 9.72. The molecule has 5 saturated heterocycles. The lowest BCUT2D eigenvalue weighted by Crippen LogP contribution is -2.66. The quantitative estimate of drug-likeness (QED) is 0.131. The number of alkyl carbamates (subject to hydrolysis) is 1. The van der Waals surface area contributed by atoms with Gasteiger partial charge in [-0.3, -0.25) is 9.59 Å². The van der Waals surface area contributed by atoms with Gasteiger partial charge in [-0.15, -0.1) is 0 Å². The maximum absolute atomic E-state index is 14.7. The molecular formula is C49H82N2O12. The Labute approximate surface area is 376 Å². The molecule has 0 unspecified atom stereocenters. The molecule has 6 aliphatic rings. The highest BCUT2D eigenvalue weighted by molar-refractivity contribution is 5.84. The Morgan fingerprint density at radius 2 is 1.57 bits per heavy atom. The Kier molecular flexibility index (Phi) is 15.9. The van der Waals surface area contributed by atoms with Gasteiger partial charge in [0.05, 0.1) is 53.7 Å². The van der Waals surface area contributed by atoms with Gasteiger partial charge in [0.25, 0.3) is 0 Å². The number of hydrogen-bond acceptors (Lipinski definition) is 12. The van der Waals surface area contributed by atoms with Crippen LogP contribution in [-0.4, -0.2) is 130 Å². The van der Waals surface area contributed by atoms with Gasteiger partial charge in [0.2, 0.25) is 0 Å². The Morgan fingerprint density at radius 1 is 0.889 bits per heavy atom. The standard InChI is InChI=1S/C49H82N2O12/c1-12-35(44(54)55)37-16-15-28(4)42(60-37)32(8)40(52)31(7)41(53)36(13-2)43-29(5)27-30(6)48(61-43)22-17-38(50-45(56)59-34-19-25-51(11)26-20-34)49(63-48)24-23-46(10,62-49)39-18-21-47(57,14-3)33(9)58-39/h17,22,28-40,42-43,52,57H,12-16,18-21,23-27H2,1-11H3,(H,50,56)(H,54,55)/t28-,29-,30+,31-,32-,33-,35+,36-,37+,38+,39+,40+,42+,43-,46-,47+,48-,49-/m0/s1. The molecule has 18 atom stereocenters. The van der Waals surface area contributed by atoms with E-state index in [1.165, 1.54) is 0 Å². The summed E-state index contributed by atoms with van der Waals surface area (Å²) in [5.74, 6) is -6.07. The molecule has 5 fully saturated rings. The van der Waals surface area contributed by atoms with E-state index < -0.39 is 95.1 Å². The third-order valence-corrected chi connectivity index (χ3v) is 16.7. The van der Waals surface area contributed by atoms with E-state index in [0.29, 0.717) is 57.8 Å². The summed E-state index contributed by atoms with van der Waals surface area (Å²) >= 11 is 0.